The van der Waals surface area contributed by atoms with Gasteiger partial charge < -0.3 is 5.11 Å². The van der Waals surface area contributed by atoms with Crippen LogP contribution in [0.5, 0.6) is 0 Å². The van der Waals surface area contributed by atoms with E-state index in [1.54, 1.807) is 6.20 Å². The molecule has 1 N–H and O–H groups in total. The van der Waals surface area contributed by atoms with Crippen LogP contribution in [0.3, 0.4) is 0 Å². The molecule has 2 unspecified atom stereocenters. The summed E-state index contributed by atoms with van der Waals surface area (Å²) in [6.45, 7) is 0. The molecule has 0 spiro atoms. The summed E-state index contributed by atoms with van der Waals surface area (Å²) >= 11 is 3.38. The van der Waals surface area contributed by atoms with Crippen molar-refractivity contribution in [3.05, 3.63) is 16.9 Å². The smallest absolute Gasteiger partial charge is 0.303 e. The van der Waals surface area contributed by atoms with Gasteiger partial charge in [-0.05, 0) is 47.5 Å². The zero-order valence-corrected chi connectivity index (χ0v) is 10.6. The molecule has 0 aliphatic heterocycles. The van der Waals surface area contributed by atoms with Gasteiger partial charge in [-0.3, -0.25) is 9.48 Å². The summed E-state index contributed by atoms with van der Waals surface area (Å²) in [4.78, 5) is 10.5. The maximum Gasteiger partial charge on any atom is 0.303 e. The molecule has 2 atom stereocenters. The topological polar surface area (TPSA) is 55.1 Å². The van der Waals surface area contributed by atoms with Gasteiger partial charge in [-0.15, -0.1) is 0 Å². The van der Waals surface area contributed by atoms with Crippen LogP contribution in [0.15, 0.2) is 16.9 Å². The molecule has 1 aromatic heterocycles. The van der Waals surface area contributed by atoms with Crippen LogP contribution < -0.4 is 0 Å². The summed E-state index contributed by atoms with van der Waals surface area (Å²) < 4.78 is 2.99. The van der Waals surface area contributed by atoms with Crippen molar-refractivity contribution >= 4 is 21.9 Å². The van der Waals surface area contributed by atoms with Crippen molar-refractivity contribution in [1.82, 2.24) is 9.78 Å². The lowest BCUT2D eigenvalue weighted by molar-refractivity contribution is -0.137. The summed E-state index contributed by atoms with van der Waals surface area (Å²) in [6, 6.07) is 0.449. The van der Waals surface area contributed by atoms with E-state index in [1.807, 2.05) is 10.9 Å². The maximum absolute atomic E-state index is 10.5. The van der Waals surface area contributed by atoms with Crippen molar-refractivity contribution in [2.45, 2.75) is 38.1 Å². The number of aliphatic carboxylic acids is 1. The Morgan fingerprint density at radius 2 is 2.44 bits per heavy atom. The molecule has 1 aromatic rings. The maximum atomic E-state index is 10.5. The van der Waals surface area contributed by atoms with E-state index in [-0.39, 0.29) is 0 Å². The van der Waals surface area contributed by atoms with E-state index < -0.39 is 5.97 Å². The number of carboxylic acids is 1. The molecule has 0 aromatic carbocycles. The van der Waals surface area contributed by atoms with Gasteiger partial charge in [0.1, 0.15) is 0 Å². The Bertz CT molecular complexity index is 378. The van der Waals surface area contributed by atoms with E-state index in [0.29, 0.717) is 18.4 Å². The predicted molar refractivity (Wildman–Crippen MR) is 63.2 cm³/mol. The highest BCUT2D eigenvalue weighted by Gasteiger charge is 2.26. The van der Waals surface area contributed by atoms with Crippen LogP contribution in [0, 0.1) is 5.92 Å². The fourth-order valence-corrected chi connectivity index (χ4v) is 2.69. The average Bonchev–Trinajstić information content (AvgIpc) is 2.83. The van der Waals surface area contributed by atoms with E-state index in [0.717, 1.165) is 30.2 Å². The second kappa shape index (κ2) is 4.99. The minimum absolute atomic E-state index is 0.292. The normalized spacial score (nSPS) is 24.8. The quantitative estimate of drug-likeness (QED) is 0.926. The molecule has 0 amide bonds. The van der Waals surface area contributed by atoms with Gasteiger partial charge in [0, 0.05) is 12.6 Å². The molecule has 1 aliphatic rings. The fraction of sp³-hybridized carbons (Fsp3) is 0.636. The lowest BCUT2D eigenvalue weighted by Gasteiger charge is -2.10. The molecule has 0 saturated heterocycles. The Morgan fingerprint density at radius 3 is 3.06 bits per heavy atom. The fourth-order valence-electron chi connectivity index (χ4n) is 2.39. The van der Waals surface area contributed by atoms with Crippen LogP contribution in [-0.2, 0) is 4.79 Å². The van der Waals surface area contributed by atoms with Crippen LogP contribution in [0.4, 0.5) is 0 Å². The van der Waals surface area contributed by atoms with E-state index in [9.17, 15) is 4.79 Å². The van der Waals surface area contributed by atoms with E-state index in [2.05, 4.69) is 21.0 Å². The number of carbonyl (C=O) groups is 1. The van der Waals surface area contributed by atoms with Gasteiger partial charge in [-0.1, -0.05) is 0 Å². The first-order valence-electron chi connectivity index (χ1n) is 5.56. The molecular weight excluding hydrogens is 272 g/mol. The number of nitrogens with zero attached hydrogens (tertiary/aromatic N) is 2. The molecule has 4 nitrogen and oxygen atoms in total. The van der Waals surface area contributed by atoms with Crippen molar-refractivity contribution < 1.29 is 9.90 Å². The molecule has 0 bridgehead atoms. The van der Waals surface area contributed by atoms with Crippen LogP contribution in [-0.4, -0.2) is 20.9 Å². The van der Waals surface area contributed by atoms with Gasteiger partial charge >= 0.3 is 5.97 Å². The van der Waals surface area contributed by atoms with Gasteiger partial charge in [0.25, 0.3) is 0 Å². The van der Waals surface area contributed by atoms with Crippen LogP contribution in [0.25, 0.3) is 0 Å². The summed E-state index contributed by atoms with van der Waals surface area (Å²) in [6.07, 6.45) is 8.17. The largest absolute Gasteiger partial charge is 0.481 e. The Hall–Kier alpha value is -0.840. The van der Waals surface area contributed by atoms with E-state index >= 15 is 0 Å². The average molecular weight is 287 g/mol. The first-order valence-corrected chi connectivity index (χ1v) is 6.36. The summed E-state index contributed by atoms with van der Waals surface area (Å²) in [5, 5.41) is 12.9. The number of hydrogen-bond acceptors (Lipinski definition) is 2. The molecule has 1 heterocycles. The lowest BCUT2D eigenvalue weighted by atomic mass is 10.0. The number of aromatic nitrogens is 2. The third kappa shape index (κ3) is 2.84. The highest BCUT2D eigenvalue weighted by Crippen LogP contribution is 2.36. The van der Waals surface area contributed by atoms with Crippen LogP contribution in [0.1, 0.15) is 38.1 Å². The Kier molecular flexibility index (Phi) is 3.63. The van der Waals surface area contributed by atoms with Crippen molar-refractivity contribution in [3.8, 4) is 0 Å². The third-order valence-electron chi connectivity index (χ3n) is 3.22. The molecule has 1 saturated carbocycles. The lowest BCUT2D eigenvalue weighted by Crippen LogP contribution is -2.06. The first kappa shape index (κ1) is 11.6. The summed E-state index contributed by atoms with van der Waals surface area (Å²) in [7, 11) is 0. The third-order valence-corrected chi connectivity index (χ3v) is 3.63. The van der Waals surface area contributed by atoms with Gasteiger partial charge in [-0.2, -0.15) is 5.10 Å². The highest BCUT2D eigenvalue weighted by atomic mass is 79.9. The molecule has 1 aliphatic carbocycles. The van der Waals surface area contributed by atoms with Gasteiger partial charge in [-0.25, -0.2) is 0 Å². The summed E-state index contributed by atoms with van der Waals surface area (Å²) in [5.41, 5.74) is 0. The Labute approximate surface area is 103 Å². The second-order valence-corrected chi connectivity index (χ2v) is 5.32. The predicted octanol–water partition coefficient (Wildman–Crippen LogP) is 2.85. The minimum atomic E-state index is -0.690. The number of hydrogen-bond donors (Lipinski definition) is 1. The van der Waals surface area contributed by atoms with E-state index in [4.69, 9.17) is 5.11 Å². The van der Waals surface area contributed by atoms with Crippen LogP contribution in [0.2, 0.25) is 0 Å². The zero-order valence-electron chi connectivity index (χ0n) is 8.97. The van der Waals surface area contributed by atoms with Crippen molar-refractivity contribution in [3.63, 3.8) is 0 Å². The monoisotopic (exact) mass is 286 g/mol. The second-order valence-electron chi connectivity index (χ2n) is 4.40. The Balaban J connectivity index is 1.86. The standard InChI is InChI=1S/C11H15BrN2O2/c12-9-6-13-14(7-9)10-3-1-8(5-10)2-4-11(15)16/h6-8,10H,1-5H2,(H,15,16). The molecule has 2 rings (SSSR count). The van der Waals surface area contributed by atoms with Gasteiger partial charge in [0.2, 0.25) is 0 Å². The molecule has 5 heteroatoms. The SMILES string of the molecule is O=C(O)CCC1CCC(n2cc(Br)cn2)C1. The molecular formula is C11H15BrN2O2. The van der Waals surface area contributed by atoms with Crippen LogP contribution >= 0.6 is 15.9 Å². The minimum Gasteiger partial charge on any atom is -0.481 e. The molecule has 16 heavy (non-hydrogen) atoms. The summed E-state index contributed by atoms with van der Waals surface area (Å²) in [5.74, 6) is -0.144. The number of rotatable bonds is 4. The number of carboxylic acid groups (broad SMARTS) is 1. The van der Waals surface area contributed by atoms with Crippen molar-refractivity contribution in [2.24, 2.45) is 5.92 Å². The molecule has 1 fully saturated rings. The van der Waals surface area contributed by atoms with Gasteiger partial charge in [0.15, 0.2) is 0 Å². The Morgan fingerprint density at radius 1 is 1.62 bits per heavy atom. The van der Waals surface area contributed by atoms with Crippen molar-refractivity contribution in [2.75, 3.05) is 0 Å². The number of halogens is 1. The van der Waals surface area contributed by atoms with Crippen molar-refractivity contribution in [1.29, 1.82) is 0 Å². The van der Waals surface area contributed by atoms with E-state index in [1.165, 1.54) is 0 Å². The highest BCUT2D eigenvalue weighted by molar-refractivity contribution is 9.10. The van der Waals surface area contributed by atoms with Gasteiger partial charge in [0.05, 0.1) is 16.7 Å². The first-order chi connectivity index (χ1) is 7.65. The molecule has 0 radical (unpaired) electrons. The zero-order chi connectivity index (χ0) is 11.5. The molecule has 88 valence electrons.